The number of hydrogen-bond donors (Lipinski definition) is 1. The Morgan fingerprint density at radius 3 is 2.70 bits per heavy atom. The number of anilines is 1. The Morgan fingerprint density at radius 2 is 1.85 bits per heavy atom. The van der Waals surface area contributed by atoms with Crippen molar-refractivity contribution in [3.05, 3.63) is 17.6 Å². The van der Waals surface area contributed by atoms with Gasteiger partial charge in [-0.15, -0.1) is 0 Å². The highest BCUT2D eigenvalue weighted by atomic mass is 15.3. The maximum Gasteiger partial charge on any atom is 0.135 e. The van der Waals surface area contributed by atoms with Gasteiger partial charge >= 0.3 is 0 Å². The third kappa shape index (κ3) is 2.19. The molecule has 2 fully saturated rings. The van der Waals surface area contributed by atoms with Crippen LogP contribution in [-0.4, -0.2) is 60.2 Å². The minimum Gasteiger partial charge on any atom is -0.353 e. The zero-order valence-electron chi connectivity index (χ0n) is 12.0. The summed E-state index contributed by atoms with van der Waals surface area (Å²) < 4.78 is 0. The summed E-state index contributed by atoms with van der Waals surface area (Å²) in [6, 6.07) is 0.728. The number of aryl methyl sites for hydroxylation is 1. The van der Waals surface area contributed by atoms with Crippen LogP contribution in [-0.2, 0) is 12.8 Å². The molecule has 1 aliphatic carbocycles. The van der Waals surface area contributed by atoms with Crippen molar-refractivity contribution in [1.82, 2.24) is 20.2 Å². The van der Waals surface area contributed by atoms with Crippen LogP contribution in [0, 0.1) is 0 Å². The van der Waals surface area contributed by atoms with Crippen LogP contribution in [0.5, 0.6) is 0 Å². The Bertz CT molecular complexity index is 477. The fourth-order valence-corrected chi connectivity index (χ4v) is 3.68. The lowest BCUT2D eigenvalue weighted by molar-refractivity contribution is 0.147. The molecule has 0 atom stereocenters. The zero-order chi connectivity index (χ0) is 13.4. The number of rotatable bonds is 2. The summed E-state index contributed by atoms with van der Waals surface area (Å²) in [4.78, 5) is 14.1. The van der Waals surface area contributed by atoms with E-state index in [1.807, 2.05) is 0 Å². The second-order valence-electron chi connectivity index (χ2n) is 6.17. The van der Waals surface area contributed by atoms with Gasteiger partial charge in [0, 0.05) is 56.6 Å². The zero-order valence-corrected chi connectivity index (χ0v) is 12.0. The Kier molecular flexibility index (Phi) is 3.32. The van der Waals surface area contributed by atoms with Crippen molar-refractivity contribution in [2.45, 2.75) is 31.7 Å². The summed E-state index contributed by atoms with van der Waals surface area (Å²) in [7, 11) is 0. The van der Waals surface area contributed by atoms with Gasteiger partial charge in [-0.25, -0.2) is 9.97 Å². The smallest absolute Gasteiger partial charge is 0.135 e. The lowest BCUT2D eigenvalue weighted by Crippen LogP contribution is -2.63. The molecular formula is C15H23N5. The average Bonchev–Trinajstić information content (AvgIpc) is 2.47. The standard InChI is InChI=1S/C15H23N5/c1-2-4-14-13(3-1)15(18-11-17-14)20-9-12(10-20)19-7-5-16-6-8-19/h11-12,16H,1-10H2. The average molecular weight is 273 g/mol. The topological polar surface area (TPSA) is 44.3 Å². The fourth-order valence-electron chi connectivity index (χ4n) is 3.68. The van der Waals surface area contributed by atoms with E-state index in [1.54, 1.807) is 6.33 Å². The van der Waals surface area contributed by atoms with Gasteiger partial charge in [-0.05, 0) is 25.7 Å². The maximum atomic E-state index is 4.58. The number of nitrogens with zero attached hydrogens (tertiary/aromatic N) is 4. The minimum atomic E-state index is 0.728. The van der Waals surface area contributed by atoms with Crippen LogP contribution in [0.1, 0.15) is 24.1 Å². The summed E-state index contributed by atoms with van der Waals surface area (Å²) in [5.41, 5.74) is 2.73. The first-order valence-corrected chi connectivity index (χ1v) is 7.94. The molecule has 0 spiro atoms. The van der Waals surface area contributed by atoms with Crippen LogP contribution in [0.3, 0.4) is 0 Å². The van der Waals surface area contributed by atoms with Crippen molar-refractivity contribution in [3.63, 3.8) is 0 Å². The first-order valence-electron chi connectivity index (χ1n) is 7.94. The number of hydrogen-bond acceptors (Lipinski definition) is 5. The second-order valence-corrected chi connectivity index (χ2v) is 6.17. The van der Waals surface area contributed by atoms with Crippen LogP contribution in [0.4, 0.5) is 5.82 Å². The van der Waals surface area contributed by atoms with Gasteiger partial charge in [-0.2, -0.15) is 0 Å². The van der Waals surface area contributed by atoms with Gasteiger partial charge < -0.3 is 10.2 Å². The second kappa shape index (κ2) is 5.30. The van der Waals surface area contributed by atoms with Crippen LogP contribution < -0.4 is 10.2 Å². The van der Waals surface area contributed by atoms with Crippen LogP contribution in [0.15, 0.2) is 6.33 Å². The highest BCUT2D eigenvalue weighted by Gasteiger charge is 2.34. The van der Waals surface area contributed by atoms with E-state index in [9.17, 15) is 0 Å². The summed E-state index contributed by atoms with van der Waals surface area (Å²) in [5, 5.41) is 3.43. The van der Waals surface area contributed by atoms with E-state index in [0.717, 1.165) is 38.6 Å². The van der Waals surface area contributed by atoms with Crippen molar-refractivity contribution in [3.8, 4) is 0 Å². The lowest BCUT2D eigenvalue weighted by atomic mass is 9.95. The van der Waals surface area contributed by atoms with Crippen molar-refractivity contribution in [1.29, 1.82) is 0 Å². The van der Waals surface area contributed by atoms with Gasteiger partial charge in [0.2, 0.25) is 0 Å². The monoisotopic (exact) mass is 273 g/mol. The Balaban J connectivity index is 1.45. The van der Waals surface area contributed by atoms with E-state index < -0.39 is 0 Å². The fraction of sp³-hybridized carbons (Fsp3) is 0.733. The molecule has 1 N–H and O–H groups in total. The molecule has 1 aromatic heterocycles. The molecule has 0 amide bonds. The molecule has 5 nitrogen and oxygen atoms in total. The van der Waals surface area contributed by atoms with E-state index in [0.29, 0.717) is 0 Å². The predicted octanol–water partition coefficient (Wildman–Crippen LogP) is 0.449. The van der Waals surface area contributed by atoms with Gasteiger partial charge in [0.05, 0.1) is 0 Å². The lowest BCUT2D eigenvalue weighted by Gasteiger charge is -2.48. The molecular weight excluding hydrogens is 250 g/mol. The molecule has 1 aromatic rings. The first-order chi connectivity index (χ1) is 9.92. The third-order valence-electron chi connectivity index (χ3n) is 4.93. The molecule has 3 heterocycles. The first kappa shape index (κ1) is 12.5. The molecule has 2 saturated heterocycles. The Hall–Kier alpha value is -1.20. The third-order valence-corrected chi connectivity index (χ3v) is 4.93. The minimum absolute atomic E-state index is 0.728. The maximum absolute atomic E-state index is 4.58. The molecule has 0 bridgehead atoms. The molecule has 0 unspecified atom stereocenters. The highest BCUT2D eigenvalue weighted by molar-refractivity contribution is 5.52. The summed E-state index contributed by atoms with van der Waals surface area (Å²) in [6.07, 6.45) is 6.65. The molecule has 5 heteroatoms. The molecule has 4 rings (SSSR count). The molecule has 20 heavy (non-hydrogen) atoms. The van der Waals surface area contributed by atoms with Gasteiger partial charge in [0.15, 0.2) is 0 Å². The van der Waals surface area contributed by atoms with E-state index >= 15 is 0 Å². The van der Waals surface area contributed by atoms with Crippen molar-refractivity contribution in [2.24, 2.45) is 0 Å². The van der Waals surface area contributed by atoms with Gasteiger partial charge in [-0.1, -0.05) is 0 Å². The van der Waals surface area contributed by atoms with Crippen molar-refractivity contribution < 1.29 is 0 Å². The van der Waals surface area contributed by atoms with Crippen molar-refractivity contribution >= 4 is 5.82 Å². The largest absolute Gasteiger partial charge is 0.353 e. The number of piperazine rings is 1. The molecule has 0 radical (unpaired) electrons. The molecule has 108 valence electrons. The molecule has 2 aliphatic heterocycles. The SMILES string of the molecule is c1nc2c(c(N3CC(N4CCNCC4)C3)n1)CCCC2. The molecule has 0 aromatic carbocycles. The van der Waals surface area contributed by atoms with Gasteiger partial charge in [0.25, 0.3) is 0 Å². The van der Waals surface area contributed by atoms with E-state index in [2.05, 4.69) is 25.1 Å². The summed E-state index contributed by atoms with van der Waals surface area (Å²) in [5.74, 6) is 1.22. The van der Waals surface area contributed by atoms with E-state index in [-0.39, 0.29) is 0 Å². The summed E-state index contributed by atoms with van der Waals surface area (Å²) >= 11 is 0. The van der Waals surface area contributed by atoms with E-state index in [1.165, 1.54) is 49.4 Å². The number of fused-ring (bicyclic) bond motifs is 1. The number of nitrogens with one attached hydrogen (secondary N) is 1. The summed E-state index contributed by atoms with van der Waals surface area (Å²) in [6.45, 7) is 6.95. The quantitative estimate of drug-likeness (QED) is 0.847. The Labute approximate surface area is 120 Å². The van der Waals surface area contributed by atoms with Crippen LogP contribution in [0.25, 0.3) is 0 Å². The van der Waals surface area contributed by atoms with Crippen LogP contribution in [0.2, 0.25) is 0 Å². The van der Waals surface area contributed by atoms with Crippen molar-refractivity contribution in [2.75, 3.05) is 44.2 Å². The van der Waals surface area contributed by atoms with Gasteiger partial charge in [0.1, 0.15) is 12.1 Å². The molecule has 3 aliphatic rings. The van der Waals surface area contributed by atoms with Gasteiger partial charge in [-0.3, -0.25) is 4.90 Å². The molecule has 0 saturated carbocycles. The van der Waals surface area contributed by atoms with E-state index in [4.69, 9.17) is 0 Å². The predicted molar refractivity (Wildman–Crippen MR) is 79.1 cm³/mol. The highest BCUT2D eigenvalue weighted by Crippen LogP contribution is 2.30. The normalized spacial score (nSPS) is 24.3. The van der Waals surface area contributed by atoms with Crippen LogP contribution >= 0.6 is 0 Å². The number of aromatic nitrogens is 2. The Morgan fingerprint density at radius 1 is 1.05 bits per heavy atom.